The molecule has 0 saturated heterocycles. The molecule has 1 unspecified atom stereocenters. The summed E-state index contributed by atoms with van der Waals surface area (Å²) in [5.74, 6) is -0.0203. The molecule has 0 fully saturated rings. The Morgan fingerprint density at radius 3 is 2.53 bits per heavy atom. The summed E-state index contributed by atoms with van der Waals surface area (Å²) < 4.78 is 0. The molecule has 3 heteroatoms. The number of amides is 1. The summed E-state index contributed by atoms with van der Waals surface area (Å²) in [5.41, 5.74) is 7.29. The zero-order chi connectivity index (χ0) is 13.1. The Hall–Kier alpha value is -1.35. The van der Waals surface area contributed by atoms with E-state index in [-0.39, 0.29) is 5.91 Å². The van der Waals surface area contributed by atoms with E-state index in [1.54, 1.807) is 11.8 Å². The lowest BCUT2D eigenvalue weighted by atomic mass is 9.98. The number of hydrogen-bond donors (Lipinski definition) is 1. The van der Waals surface area contributed by atoms with Gasteiger partial charge in [-0.15, -0.1) is 0 Å². The maximum atomic E-state index is 12.3. The quantitative estimate of drug-likeness (QED) is 0.870. The van der Waals surface area contributed by atoms with Gasteiger partial charge in [-0.1, -0.05) is 19.1 Å². The standard InChI is InChI=1S/C14H22N2O/c1-5-14(4,15)13(17)16(6-2)12-9-7-8-11(3)10-12/h7-10H,5-6,15H2,1-4H3. The van der Waals surface area contributed by atoms with Crippen LogP contribution in [0.1, 0.15) is 32.8 Å². The van der Waals surface area contributed by atoms with E-state index in [4.69, 9.17) is 5.73 Å². The van der Waals surface area contributed by atoms with Gasteiger partial charge in [-0.3, -0.25) is 4.79 Å². The molecule has 0 aliphatic carbocycles. The second-order valence-corrected chi connectivity index (χ2v) is 4.66. The van der Waals surface area contributed by atoms with E-state index in [1.165, 1.54) is 0 Å². The number of benzene rings is 1. The first kappa shape index (κ1) is 13.7. The number of anilines is 1. The number of hydrogen-bond acceptors (Lipinski definition) is 2. The number of nitrogens with two attached hydrogens (primary N) is 1. The van der Waals surface area contributed by atoms with Crippen LogP contribution in [0.25, 0.3) is 0 Å². The molecule has 0 aromatic heterocycles. The average molecular weight is 234 g/mol. The van der Waals surface area contributed by atoms with Crippen molar-refractivity contribution >= 4 is 11.6 Å². The van der Waals surface area contributed by atoms with Gasteiger partial charge in [-0.25, -0.2) is 0 Å². The Kier molecular flexibility index (Phi) is 4.29. The Balaban J connectivity index is 3.04. The molecule has 0 aliphatic rings. The van der Waals surface area contributed by atoms with Crippen molar-refractivity contribution in [1.29, 1.82) is 0 Å². The van der Waals surface area contributed by atoms with Crippen molar-refractivity contribution in [1.82, 2.24) is 0 Å². The van der Waals surface area contributed by atoms with Crippen LogP contribution in [0, 0.1) is 6.92 Å². The zero-order valence-corrected chi connectivity index (χ0v) is 11.2. The zero-order valence-electron chi connectivity index (χ0n) is 11.2. The molecule has 0 saturated carbocycles. The highest BCUT2D eigenvalue weighted by atomic mass is 16.2. The van der Waals surface area contributed by atoms with Crippen LogP contribution in [0.3, 0.4) is 0 Å². The van der Waals surface area contributed by atoms with Crippen LogP contribution in [0.2, 0.25) is 0 Å². The summed E-state index contributed by atoms with van der Waals surface area (Å²) in [4.78, 5) is 14.1. The Bertz CT molecular complexity index is 399. The molecule has 2 N–H and O–H groups in total. The Labute approximate surface area is 104 Å². The predicted octanol–water partition coefficient (Wildman–Crippen LogP) is 2.48. The van der Waals surface area contributed by atoms with Gasteiger partial charge < -0.3 is 10.6 Å². The van der Waals surface area contributed by atoms with E-state index in [0.29, 0.717) is 13.0 Å². The molecule has 1 amide bonds. The van der Waals surface area contributed by atoms with Gasteiger partial charge in [0, 0.05) is 12.2 Å². The van der Waals surface area contributed by atoms with Gasteiger partial charge in [-0.05, 0) is 44.9 Å². The molecule has 1 aromatic carbocycles. The van der Waals surface area contributed by atoms with Crippen LogP contribution >= 0.6 is 0 Å². The van der Waals surface area contributed by atoms with Gasteiger partial charge in [0.1, 0.15) is 0 Å². The molecule has 0 spiro atoms. The Morgan fingerprint density at radius 1 is 1.41 bits per heavy atom. The normalized spacial score (nSPS) is 14.2. The second-order valence-electron chi connectivity index (χ2n) is 4.66. The maximum Gasteiger partial charge on any atom is 0.246 e. The summed E-state index contributed by atoms with van der Waals surface area (Å²) in [6.07, 6.45) is 0.633. The molecule has 3 nitrogen and oxygen atoms in total. The van der Waals surface area contributed by atoms with Gasteiger partial charge in [0.25, 0.3) is 0 Å². The summed E-state index contributed by atoms with van der Waals surface area (Å²) in [7, 11) is 0. The fraction of sp³-hybridized carbons (Fsp3) is 0.500. The van der Waals surface area contributed by atoms with Crippen LogP contribution in [0.5, 0.6) is 0 Å². The minimum atomic E-state index is -0.792. The van der Waals surface area contributed by atoms with Gasteiger partial charge in [0.05, 0.1) is 5.54 Å². The lowest BCUT2D eigenvalue weighted by Crippen LogP contribution is -2.53. The number of likely N-dealkylation sites (N-methyl/N-ethyl adjacent to an activating group) is 1. The first-order chi connectivity index (χ1) is 7.92. The lowest BCUT2D eigenvalue weighted by molar-refractivity contribution is -0.123. The van der Waals surface area contributed by atoms with Gasteiger partial charge in [0.15, 0.2) is 0 Å². The molecule has 94 valence electrons. The van der Waals surface area contributed by atoms with Gasteiger partial charge >= 0.3 is 0 Å². The van der Waals surface area contributed by atoms with E-state index < -0.39 is 5.54 Å². The minimum Gasteiger partial charge on any atom is -0.318 e. The van der Waals surface area contributed by atoms with Crippen molar-refractivity contribution in [3.8, 4) is 0 Å². The van der Waals surface area contributed by atoms with E-state index >= 15 is 0 Å². The highest BCUT2D eigenvalue weighted by molar-refractivity contribution is 5.99. The van der Waals surface area contributed by atoms with Crippen molar-refractivity contribution < 1.29 is 4.79 Å². The molecule has 1 rings (SSSR count). The third kappa shape index (κ3) is 3.07. The number of rotatable bonds is 4. The topological polar surface area (TPSA) is 46.3 Å². The van der Waals surface area contributed by atoms with Crippen molar-refractivity contribution in [2.75, 3.05) is 11.4 Å². The van der Waals surface area contributed by atoms with Gasteiger partial charge in [-0.2, -0.15) is 0 Å². The van der Waals surface area contributed by atoms with Crippen LogP contribution in [0.15, 0.2) is 24.3 Å². The van der Waals surface area contributed by atoms with Crippen molar-refractivity contribution in [2.45, 2.75) is 39.7 Å². The molecule has 1 atom stereocenters. The van der Waals surface area contributed by atoms with Crippen LogP contribution < -0.4 is 10.6 Å². The van der Waals surface area contributed by atoms with E-state index in [9.17, 15) is 4.79 Å². The maximum absolute atomic E-state index is 12.3. The fourth-order valence-corrected chi connectivity index (χ4v) is 1.70. The molecule has 0 radical (unpaired) electrons. The van der Waals surface area contributed by atoms with Crippen LogP contribution in [-0.4, -0.2) is 18.0 Å². The number of carbonyl (C=O) groups is 1. The van der Waals surface area contributed by atoms with Crippen molar-refractivity contribution in [3.63, 3.8) is 0 Å². The molecular formula is C14H22N2O. The smallest absolute Gasteiger partial charge is 0.246 e. The van der Waals surface area contributed by atoms with Crippen LogP contribution in [0.4, 0.5) is 5.69 Å². The van der Waals surface area contributed by atoms with Crippen LogP contribution in [-0.2, 0) is 4.79 Å². The number of carbonyl (C=O) groups excluding carboxylic acids is 1. The van der Waals surface area contributed by atoms with E-state index in [0.717, 1.165) is 11.3 Å². The lowest BCUT2D eigenvalue weighted by Gasteiger charge is -2.30. The monoisotopic (exact) mass is 234 g/mol. The van der Waals surface area contributed by atoms with E-state index in [1.807, 2.05) is 45.0 Å². The average Bonchev–Trinajstić information content (AvgIpc) is 2.30. The first-order valence-electron chi connectivity index (χ1n) is 6.10. The van der Waals surface area contributed by atoms with Crippen molar-refractivity contribution in [2.24, 2.45) is 5.73 Å². The summed E-state index contributed by atoms with van der Waals surface area (Å²) in [6, 6.07) is 7.93. The molecule has 0 aliphatic heterocycles. The van der Waals surface area contributed by atoms with E-state index in [2.05, 4.69) is 0 Å². The fourth-order valence-electron chi connectivity index (χ4n) is 1.70. The molecule has 17 heavy (non-hydrogen) atoms. The molecule has 0 bridgehead atoms. The summed E-state index contributed by atoms with van der Waals surface area (Å²) in [5, 5.41) is 0. The molecule has 0 heterocycles. The Morgan fingerprint density at radius 2 is 2.06 bits per heavy atom. The summed E-state index contributed by atoms with van der Waals surface area (Å²) in [6.45, 7) is 8.33. The first-order valence-corrected chi connectivity index (χ1v) is 6.10. The minimum absolute atomic E-state index is 0.0203. The number of aryl methyl sites for hydroxylation is 1. The molecular weight excluding hydrogens is 212 g/mol. The number of nitrogens with zero attached hydrogens (tertiary/aromatic N) is 1. The highest BCUT2D eigenvalue weighted by Gasteiger charge is 2.30. The third-order valence-electron chi connectivity index (χ3n) is 3.10. The van der Waals surface area contributed by atoms with Gasteiger partial charge in [0.2, 0.25) is 5.91 Å². The second kappa shape index (κ2) is 5.32. The van der Waals surface area contributed by atoms with Crippen molar-refractivity contribution in [3.05, 3.63) is 29.8 Å². The highest BCUT2D eigenvalue weighted by Crippen LogP contribution is 2.20. The SMILES string of the molecule is CCN(C(=O)C(C)(N)CC)c1cccc(C)c1. The summed E-state index contributed by atoms with van der Waals surface area (Å²) >= 11 is 0. The molecule has 1 aromatic rings. The predicted molar refractivity (Wildman–Crippen MR) is 72.1 cm³/mol. The largest absolute Gasteiger partial charge is 0.318 e. The third-order valence-corrected chi connectivity index (χ3v) is 3.10.